The molecule has 4 aliphatic rings. The number of methoxy groups -OCH3 is 1. The van der Waals surface area contributed by atoms with Crippen LogP contribution in [0.4, 0.5) is 23.4 Å². The minimum Gasteiger partial charge on any atom is -0.496 e. The fraction of sp³-hybridized carbons (Fsp3) is 0.321. The first-order chi connectivity index (χ1) is 20.0. The fourth-order valence-corrected chi connectivity index (χ4v) is 5.91. The number of amides is 2. The third kappa shape index (κ3) is 4.65. The number of anilines is 1. The molecule has 2 saturated heterocycles. The van der Waals surface area contributed by atoms with Crippen LogP contribution in [0.25, 0.3) is 0 Å². The Kier molecular flexibility index (Phi) is 6.69. The van der Waals surface area contributed by atoms with Crippen molar-refractivity contribution < 1.29 is 36.5 Å². The summed E-state index contributed by atoms with van der Waals surface area (Å²) in [5.74, 6) is 4.72. The number of carbonyl (C=O) groups excluding carboxylic acids is 2. The number of hydrogen-bond acceptors (Lipinski definition) is 7. The highest BCUT2D eigenvalue weighted by atomic mass is 19.4. The predicted molar refractivity (Wildman–Crippen MR) is 143 cm³/mol. The van der Waals surface area contributed by atoms with Gasteiger partial charge in [0.1, 0.15) is 34.8 Å². The number of aliphatic imine (C=N–C) groups is 2. The standard InChI is InChI=1S/C28H25F4N7O3/c1-42-22-12-18(27(41)36-23-10-16(6-7-35-23)28(30,31)32)20(29)11-19(22)26-37-25(21-13-34-8-9-39(21,26)33)15-2-3-17-4-5-24(40)38(17)14-15/h6-13,15,17H,2-5,14,33H2,1H3/p+1/t15-,17+,39?/m1/s1. The zero-order chi connectivity index (χ0) is 29.8. The molecular formula is C28H26F4N7O3+. The number of nitrogens with one attached hydrogen (secondary N) is 1. The van der Waals surface area contributed by atoms with Crippen molar-refractivity contribution >= 4 is 29.7 Å². The quantitative estimate of drug-likeness (QED) is 0.311. The zero-order valence-electron chi connectivity index (χ0n) is 22.4. The number of nitrogens with zero attached hydrogens (tertiary/aromatic N) is 5. The van der Waals surface area contributed by atoms with Crippen molar-refractivity contribution in [1.29, 1.82) is 0 Å². The van der Waals surface area contributed by atoms with Crippen LogP contribution in [-0.4, -0.2) is 58.0 Å². The molecule has 5 heterocycles. The van der Waals surface area contributed by atoms with E-state index < -0.39 is 39.4 Å². The topological polar surface area (TPSA) is 122 Å². The monoisotopic (exact) mass is 584 g/mol. The summed E-state index contributed by atoms with van der Waals surface area (Å²) in [4.78, 5) is 40.1. The number of fused-ring (bicyclic) bond motifs is 2. The number of rotatable bonds is 5. The van der Waals surface area contributed by atoms with Gasteiger partial charge in [0.25, 0.3) is 11.7 Å². The van der Waals surface area contributed by atoms with Gasteiger partial charge in [-0.3, -0.25) is 14.6 Å². The number of alkyl halides is 3. The normalized spacial score (nSPS) is 25.0. The van der Waals surface area contributed by atoms with Gasteiger partial charge in [0.05, 0.1) is 30.7 Å². The van der Waals surface area contributed by atoms with Crippen molar-refractivity contribution in [2.24, 2.45) is 21.7 Å². The lowest BCUT2D eigenvalue weighted by Crippen LogP contribution is -2.53. The number of halogens is 4. The molecule has 1 aromatic carbocycles. The Morgan fingerprint density at radius 1 is 1.21 bits per heavy atom. The minimum absolute atomic E-state index is 0.0650. The second-order valence-electron chi connectivity index (χ2n) is 10.5. The van der Waals surface area contributed by atoms with Gasteiger partial charge in [-0.25, -0.2) is 9.37 Å². The molecule has 0 aliphatic carbocycles. The lowest BCUT2D eigenvalue weighted by Gasteiger charge is -2.35. The molecular weight excluding hydrogens is 558 g/mol. The highest BCUT2D eigenvalue weighted by molar-refractivity contribution is 6.07. The zero-order valence-corrected chi connectivity index (χ0v) is 22.4. The maximum atomic E-state index is 15.5. The van der Waals surface area contributed by atoms with E-state index in [4.69, 9.17) is 15.6 Å². The van der Waals surface area contributed by atoms with Crippen LogP contribution in [-0.2, 0) is 11.0 Å². The summed E-state index contributed by atoms with van der Waals surface area (Å²) >= 11 is 0. The molecule has 218 valence electrons. The SMILES string of the molecule is COc1cc(C(=O)Nc2cc(C(F)(F)F)ccn2)c(F)cc1C1=NC([C@@H]2CC[C@H]3CCC(=O)N3C2)=C2C=NC=C[N+]12N. The average Bonchev–Trinajstić information content (AvgIpc) is 3.48. The molecule has 2 aromatic rings. The third-order valence-electron chi connectivity index (χ3n) is 8.03. The second-order valence-corrected chi connectivity index (χ2v) is 10.5. The van der Waals surface area contributed by atoms with Gasteiger partial charge in [0.2, 0.25) is 11.6 Å². The number of piperidine rings is 1. The van der Waals surface area contributed by atoms with Crippen LogP contribution < -0.4 is 15.9 Å². The summed E-state index contributed by atoms with van der Waals surface area (Å²) in [6, 6.07) is 3.82. The van der Waals surface area contributed by atoms with Crippen LogP contribution >= 0.6 is 0 Å². The molecule has 3 N–H and O–H groups in total. The van der Waals surface area contributed by atoms with Crippen molar-refractivity contribution in [2.45, 2.75) is 37.9 Å². The molecule has 3 atom stereocenters. The molecule has 14 heteroatoms. The lowest BCUT2D eigenvalue weighted by atomic mass is 9.90. The number of hydrogen-bond donors (Lipinski definition) is 2. The van der Waals surface area contributed by atoms with Crippen LogP contribution in [0.1, 0.15) is 47.2 Å². The molecule has 0 bridgehead atoms. The van der Waals surface area contributed by atoms with E-state index in [9.17, 15) is 22.8 Å². The second kappa shape index (κ2) is 10.1. The smallest absolute Gasteiger partial charge is 0.416 e. The Morgan fingerprint density at radius 2 is 2.02 bits per heavy atom. The predicted octanol–water partition coefficient (Wildman–Crippen LogP) is 4.12. The van der Waals surface area contributed by atoms with E-state index in [-0.39, 0.29) is 35.0 Å². The van der Waals surface area contributed by atoms with Crippen molar-refractivity contribution in [2.75, 3.05) is 19.0 Å². The van der Waals surface area contributed by atoms with Gasteiger partial charge in [0, 0.05) is 31.1 Å². The molecule has 2 amide bonds. The number of benzene rings is 1. The summed E-state index contributed by atoms with van der Waals surface area (Å²) < 4.78 is 59.8. The fourth-order valence-electron chi connectivity index (χ4n) is 5.91. The van der Waals surface area contributed by atoms with Crippen LogP contribution in [0.3, 0.4) is 0 Å². The van der Waals surface area contributed by atoms with Crippen LogP contribution in [0.5, 0.6) is 5.75 Å². The number of ether oxygens (including phenoxy) is 1. The highest BCUT2D eigenvalue weighted by Gasteiger charge is 2.49. The molecule has 10 nitrogen and oxygen atoms in total. The first-order valence-electron chi connectivity index (χ1n) is 13.2. The first kappa shape index (κ1) is 27.7. The average molecular weight is 585 g/mol. The largest absolute Gasteiger partial charge is 0.496 e. The van der Waals surface area contributed by atoms with Crippen LogP contribution in [0.15, 0.2) is 64.2 Å². The van der Waals surface area contributed by atoms with Gasteiger partial charge in [-0.15, -0.1) is 4.59 Å². The van der Waals surface area contributed by atoms with Crippen molar-refractivity contribution in [3.8, 4) is 5.75 Å². The maximum absolute atomic E-state index is 15.5. The number of amidine groups is 1. The number of aromatic nitrogens is 1. The number of carbonyl (C=O) groups is 2. The Balaban J connectivity index is 1.34. The summed E-state index contributed by atoms with van der Waals surface area (Å²) in [5.41, 5.74) is -0.116. The molecule has 0 radical (unpaired) electrons. The van der Waals surface area contributed by atoms with Crippen molar-refractivity contribution in [3.05, 3.63) is 76.8 Å². The number of pyridine rings is 1. The van der Waals surface area contributed by atoms with Gasteiger partial charge in [-0.1, -0.05) is 0 Å². The van der Waals surface area contributed by atoms with E-state index in [0.29, 0.717) is 30.4 Å². The molecule has 0 spiro atoms. The van der Waals surface area contributed by atoms with Crippen molar-refractivity contribution in [3.63, 3.8) is 0 Å². The third-order valence-corrected chi connectivity index (χ3v) is 8.03. The molecule has 2 fully saturated rings. The molecule has 1 aromatic heterocycles. The summed E-state index contributed by atoms with van der Waals surface area (Å²) in [6.45, 7) is 0.491. The van der Waals surface area contributed by atoms with E-state index in [2.05, 4.69) is 15.3 Å². The van der Waals surface area contributed by atoms with E-state index in [1.165, 1.54) is 13.3 Å². The Morgan fingerprint density at radius 3 is 2.79 bits per heavy atom. The van der Waals surface area contributed by atoms with Gasteiger partial charge >= 0.3 is 6.18 Å². The van der Waals surface area contributed by atoms with Crippen molar-refractivity contribution in [1.82, 2.24) is 9.88 Å². The summed E-state index contributed by atoms with van der Waals surface area (Å²) in [6.07, 6.45) is 3.91. The Labute approximate surface area is 237 Å². The summed E-state index contributed by atoms with van der Waals surface area (Å²) in [5, 5.41) is 2.20. The van der Waals surface area contributed by atoms with E-state index in [1.807, 2.05) is 4.90 Å². The van der Waals surface area contributed by atoms with Gasteiger partial charge < -0.3 is 15.0 Å². The number of quaternary nitrogens is 1. The van der Waals surface area contributed by atoms with Crippen LogP contribution in [0.2, 0.25) is 0 Å². The molecule has 4 aliphatic heterocycles. The van der Waals surface area contributed by atoms with Crippen LogP contribution in [0, 0.1) is 11.7 Å². The first-order valence-corrected chi connectivity index (χ1v) is 13.2. The minimum atomic E-state index is -4.65. The number of allylic oxidation sites excluding steroid dienone is 1. The molecule has 42 heavy (non-hydrogen) atoms. The van der Waals surface area contributed by atoms with Gasteiger partial charge in [-0.05, 0) is 43.5 Å². The van der Waals surface area contributed by atoms with E-state index >= 15 is 4.39 Å². The number of nitrogens with two attached hydrogens (primary N) is 1. The van der Waals surface area contributed by atoms with E-state index in [0.717, 1.165) is 43.7 Å². The van der Waals surface area contributed by atoms with Gasteiger partial charge in [-0.2, -0.15) is 24.0 Å². The highest BCUT2D eigenvalue weighted by Crippen LogP contribution is 2.42. The molecule has 1 unspecified atom stereocenters. The van der Waals surface area contributed by atoms with E-state index in [1.54, 1.807) is 12.4 Å². The van der Waals surface area contributed by atoms with Gasteiger partial charge in [0.15, 0.2) is 0 Å². The Hall–Kier alpha value is -4.43. The molecule has 6 rings (SSSR count). The Bertz CT molecular complexity index is 1620. The molecule has 0 saturated carbocycles. The lowest BCUT2D eigenvalue weighted by molar-refractivity contribution is -0.750. The maximum Gasteiger partial charge on any atom is 0.416 e. The summed E-state index contributed by atoms with van der Waals surface area (Å²) in [7, 11) is 1.33.